The molecule has 29 heavy (non-hydrogen) atoms. The molecule has 5 aliphatic rings. The summed E-state index contributed by atoms with van der Waals surface area (Å²) in [6.45, 7) is 0.304. The molecule has 2 heterocycles. The first-order valence-corrected chi connectivity index (χ1v) is 10.1. The second-order valence-corrected chi connectivity index (χ2v) is 8.48. The second kappa shape index (κ2) is 5.92. The number of rotatable bonds is 4. The molecule has 1 saturated heterocycles. The van der Waals surface area contributed by atoms with Gasteiger partial charge >= 0.3 is 0 Å². The van der Waals surface area contributed by atoms with Crippen LogP contribution in [0.3, 0.4) is 0 Å². The van der Waals surface area contributed by atoms with Gasteiger partial charge in [-0.05, 0) is 66.5 Å². The molecule has 1 aromatic carbocycles. The smallest absolute Gasteiger partial charge is 0.251 e. The normalized spacial score (nSPS) is 33.6. The third-order valence-electron chi connectivity index (χ3n) is 7.05. The van der Waals surface area contributed by atoms with Crippen LogP contribution in [0.5, 0.6) is 0 Å². The van der Waals surface area contributed by atoms with Crippen LogP contribution in [0.15, 0.2) is 59.2 Å². The van der Waals surface area contributed by atoms with Gasteiger partial charge in [0.25, 0.3) is 5.91 Å². The highest BCUT2D eigenvalue weighted by molar-refractivity contribution is 6.22. The Morgan fingerprint density at radius 2 is 1.66 bits per heavy atom. The number of nitrogens with zero attached hydrogens (tertiary/aromatic N) is 1. The molecule has 3 fully saturated rings. The van der Waals surface area contributed by atoms with Crippen LogP contribution in [0.25, 0.3) is 0 Å². The summed E-state index contributed by atoms with van der Waals surface area (Å²) in [5, 5.41) is 2.79. The molecule has 7 rings (SSSR count). The van der Waals surface area contributed by atoms with Crippen LogP contribution >= 0.6 is 0 Å². The molecule has 3 amide bonds. The van der Waals surface area contributed by atoms with Gasteiger partial charge in [0.1, 0.15) is 5.76 Å². The fraction of sp³-hybridized carbons (Fsp3) is 0.348. The summed E-state index contributed by atoms with van der Waals surface area (Å²) in [7, 11) is 0. The SMILES string of the molecule is O=C(NCc1ccco1)c1ccc(N2C(=O)[C@@H]3[C@H]4C=C[C@@H]([C@@H]5C[C@@H]45)[C@H]3C2=O)cc1. The van der Waals surface area contributed by atoms with Crippen molar-refractivity contribution in [2.24, 2.45) is 35.5 Å². The summed E-state index contributed by atoms with van der Waals surface area (Å²) in [4.78, 5) is 40.0. The summed E-state index contributed by atoms with van der Waals surface area (Å²) in [6, 6.07) is 10.2. The molecule has 0 radical (unpaired) electrons. The molecule has 2 aromatic rings. The summed E-state index contributed by atoms with van der Waals surface area (Å²) < 4.78 is 5.21. The molecule has 4 aliphatic carbocycles. The minimum atomic E-state index is -0.233. The molecule has 6 nitrogen and oxygen atoms in total. The van der Waals surface area contributed by atoms with Crippen molar-refractivity contribution >= 4 is 23.4 Å². The Hall–Kier alpha value is -3.15. The van der Waals surface area contributed by atoms with Gasteiger partial charge in [-0.15, -0.1) is 0 Å². The average Bonchev–Trinajstić information content (AvgIpc) is 3.33. The van der Waals surface area contributed by atoms with E-state index in [9.17, 15) is 14.4 Å². The van der Waals surface area contributed by atoms with Gasteiger partial charge in [-0.1, -0.05) is 12.2 Å². The van der Waals surface area contributed by atoms with Crippen molar-refractivity contribution in [3.63, 3.8) is 0 Å². The zero-order valence-corrected chi connectivity index (χ0v) is 15.7. The molecule has 0 spiro atoms. The third kappa shape index (κ3) is 2.38. The molecule has 2 bridgehead atoms. The first kappa shape index (κ1) is 16.8. The van der Waals surface area contributed by atoms with Gasteiger partial charge in [0.2, 0.25) is 11.8 Å². The molecule has 0 unspecified atom stereocenters. The fourth-order valence-electron chi connectivity index (χ4n) is 5.66. The van der Waals surface area contributed by atoms with Gasteiger partial charge < -0.3 is 9.73 Å². The Balaban J connectivity index is 1.21. The van der Waals surface area contributed by atoms with E-state index in [-0.39, 0.29) is 41.4 Å². The number of furan rings is 1. The van der Waals surface area contributed by atoms with Crippen molar-refractivity contribution in [1.29, 1.82) is 0 Å². The number of imide groups is 1. The zero-order chi connectivity index (χ0) is 19.7. The fourth-order valence-corrected chi connectivity index (χ4v) is 5.66. The number of benzene rings is 1. The van der Waals surface area contributed by atoms with Crippen LogP contribution in [0.4, 0.5) is 5.69 Å². The lowest BCUT2D eigenvalue weighted by Gasteiger charge is -2.37. The topological polar surface area (TPSA) is 79.6 Å². The lowest BCUT2D eigenvalue weighted by atomic mass is 9.63. The molecule has 6 heteroatoms. The summed E-state index contributed by atoms with van der Waals surface area (Å²) in [5.41, 5.74) is 1.02. The minimum Gasteiger partial charge on any atom is -0.467 e. The van der Waals surface area contributed by atoms with Crippen molar-refractivity contribution in [2.75, 3.05) is 4.90 Å². The second-order valence-electron chi connectivity index (χ2n) is 8.48. The highest BCUT2D eigenvalue weighted by Gasteiger charge is 2.67. The molecule has 1 aliphatic heterocycles. The maximum atomic E-state index is 13.1. The number of anilines is 1. The van der Waals surface area contributed by atoms with E-state index in [1.54, 1.807) is 42.7 Å². The van der Waals surface area contributed by atoms with Gasteiger partial charge in [-0.25, -0.2) is 0 Å². The van der Waals surface area contributed by atoms with Gasteiger partial charge in [0.05, 0.1) is 30.3 Å². The molecular formula is C23H20N2O4. The van der Waals surface area contributed by atoms with Crippen molar-refractivity contribution in [3.05, 3.63) is 66.1 Å². The van der Waals surface area contributed by atoms with E-state index in [2.05, 4.69) is 17.5 Å². The lowest BCUT2D eigenvalue weighted by Crippen LogP contribution is -2.40. The number of hydrogen-bond acceptors (Lipinski definition) is 4. The number of nitrogens with one attached hydrogen (secondary N) is 1. The number of allylic oxidation sites excluding steroid dienone is 2. The van der Waals surface area contributed by atoms with Crippen molar-refractivity contribution < 1.29 is 18.8 Å². The van der Waals surface area contributed by atoms with Crippen molar-refractivity contribution in [3.8, 4) is 0 Å². The van der Waals surface area contributed by atoms with Gasteiger partial charge in [0, 0.05) is 5.56 Å². The van der Waals surface area contributed by atoms with E-state index >= 15 is 0 Å². The quantitative estimate of drug-likeness (QED) is 0.645. The predicted molar refractivity (Wildman–Crippen MR) is 104 cm³/mol. The third-order valence-corrected chi connectivity index (χ3v) is 7.05. The predicted octanol–water partition coefficient (Wildman–Crippen LogP) is 2.77. The first-order chi connectivity index (χ1) is 14.1. The van der Waals surface area contributed by atoms with E-state index < -0.39 is 0 Å². The van der Waals surface area contributed by atoms with Crippen LogP contribution in [0, 0.1) is 35.5 Å². The lowest BCUT2D eigenvalue weighted by molar-refractivity contribution is -0.124. The maximum Gasteiger partial charge on any atom is 0.251 e. The van der Waals surface area contributed by atoms with Crippen LogP contribution in [0.1, 0.15) is 22.5 Å². The Morgan fingerprint density at radius 3 is 2.24 bits per heavy atom. The first-order valence-electron chi connectivity index (χ1n) is 10.1. The van der Waals surface area contributed by atoms with E-state index in [0.717, 1.165) is 6.42 Å². The maximum absolute atomic E-state index is 13.1. The Labute approximate surface area is 167 Å². The number of hydrogen-bond donors (Lipinski definition) is 1. The number of carbonyl (C=O) groups excluding carboxylic acids is 3. The summed E-state index contributed by atoms with van der Waals surface area (Å²) in [6.07, 6.45) is 7.04. The summed E-state index contributed by atoms with van der Waals surface area (Å²) in [5.74, 6) is 1.45. The average molecular weight is 388 g/mol. The van der Waals surface area contributed by atoms with Crippen LogP contribution in [-0.4, -0.2) is 17.7 Å². The molecule has 6 atom stereocenters. The van der Waals surface area contributed by atoms with Crippen molar-refractivity contribution in [2.45, 2.75) is 13.0 Å². The Morgan fingerprint density at radius 1 is 1.00 bits per heavy atom. The summed E-state index contributed by atoms with van der Waals surface area (Å²) >= 11 is 0. The van der Waals surface area contributed by atoms with Crippen LogP contribution < -0.4 is 10.2 Å². The van der Waals surface area contributed by atoms with Gasteiger partial charge in [0.15, 0.2) is 0 Å². The van der Waals surface area contributed by atoms with Crippen LogP contribution in [-0.2, 0) is 16.1 Å². The van der Waals surface area contributed by atoms with Gasteiger partial charge in [-0.2, -0.15) is 0 Å². The Kier molecular flexibility index (Phi) is 3.43. The highest BCUT2D eigenvalue weighted by atomic mass is 16.3. The number of carbonyl (C=O) groups is 3. The highest BCUT2D eigenvalue weighted by Crippen LogP contribution is 2.65. The standard InChI is InChI=1S/C23H20N2O4/c26-21(24-11-14-2-1-9-29-14)12-3-5-13(6-4-12)25-22(27)19-15-7-8-16(18-10-17(15)18)20(19)23(25)28/h1-9,15-20H,10-11H2,(H,24,26)/t15-,16-,17-,18-,19+,20+/m0/s1. The molecule has 1 N–H and O–H groups in total. The van der Waals surface area contributed by atoms with E-state index in [4.69, 9.17) is 4.42 Å². The number of amides is 3. The van der Waals surface area contributed by atoms with E-state index in [1.165, 1.54) is 4.90 Å². The molecular weight excluding hydrogens is 368 g/mol. The van der Waals surface area contributed by atoms with Crippen LogP contribution in [0.2, 0.25) is 0 Å². The monoisotopic (exact) mass is 388 g/mol. The Bertz CT molecular complexity index is 1000. The minimum absolute atomic E-state index is 0.0836. The van der Waals surface area contributed by atoms with E-state index in [1.807, 2.05) is 0 Å². The largest absolute Gasteiger partial charge is 0.467 e. The van der Waals surface area contributed by atoms with E-state index in [0.29, 0.717) is 35.4 Å². The molecule has 2 saturated carbocycles. The zero-order valence-electron chi connectivity index (χ0n) is 15.7. The molecule has 146 valence electrons. The molecule has 1 aromatic heterocycles. The van der Waals surface area contributed by atoms with Gasteiger partial charge in [-0.3, -0.25) is 19.3 Å². The van der Waals surface area contributed by atoms with Crippen molar-refractivity contribution in [1.82, 2.24) is 5.32 Å².